The Morgan fingerprint density at radius 2 is 2.11 bits per heavy atom. The van der Waals surface area contributed by atoms with E-state index in [1.807, 2.05) is 0 Å². The van der Waals surface area contributed by atoms with Crippen molar-refractivity contribution in [3.63, 3.8) is 0 Å². The molecule has 112 valence electrons. The van der Waals surface area contributed by atoms with Gasteiger partial charge in [0.1, 0.15) is 0 Å². The first-order valence-electron chi connectivity index (χ1n) is 8.47. The van der Waals surface area contributed by atoms with Gasteiger partial charge in [-0.1, -0.05) is 33.6 Å². The molecule has 0 aliphatic heterocycles. The van der Waals surface area contributed by atoms with Crippen LogP contribution in [0.15, 0.2) is 0 Å². The summed E-state index contributed by atoms with van der Waals surface area (Å²) in [5.41, 5.74) is 0.555. The summed E-state index contributed by atoms with van der Waals surface area (Å²) in [5.74, 6) is 1.99. The molecule has 0 saturated heterocycles. The summed E-state index contributed by atoms with van der Waals surface area (Å²) in [7, 11) is 0. The lowest BCUT2D eigenvalue weighted by atomic mass is 9.71. The lowest BCUT2D eigenvalue weighted by Crippen LogP contribution is -2.42. The molecule has 0 aromatic rings. The molecule has 2 nitrogen and oxygen atoms in total. The Morgan fingerprint density at radius 1 is 1.26 bits per heavy atom. The first kappa shape index (κ1) is 15.3. The summed E-state index contributed by atoms with van der Waals surface area (Å²) in [5, 5.41) is 3.71. The minimum absolute atomic E-state index is 0.555. The molecule has 2 rings (SSSR count). The van der Waals surface area contributed by atoms with Crippen molar-refractivity contribution in [1.82, 2.24) is 5.32 Å². The van der Waals surface area contributed by atoms with Crippen LogP contribution in [0.25, 0.3) is 0 Å². The van der Waals surface area contributed by atoms with Crippen LogP contribution in [0.5, 0.6) is 0 Å². The topological polar surface area (TPSA) is 21.3 Å². The number of hydrogen-bond acceptors (Lipinski definition) is 2. The van der Waals surface area contributed by atoms with E-state index in [1.165, 1.54) is 51.5 Å². The van der Waals surface area contributed by atoms with Gasteiger partial charge in [-0.2, -0.15) is 0 Å². The Bertz CT molecular complexity index is 266. The van der Waals surface area contributed by atoms with Crippen LogP contribution >= 0.6 is 0 Å². The average Bonchev–Trinajstić information content (AvgIpc) is 2.97. The molecule has 2 fully saturated rings. The Hall–Kier alpha value is -0.0800. The maximum Gasteiger partial charge on any atom is 0.0471 e. The lowest BCUT2D eigenvalue weighted by Gasteiger charge is -2.39. The molecule has 19 heavy (non-hydrogen) atoms. The average molecular weight is 267 g/mol. The SMILES string of the molecule is CCCCOCCC1(CNC(C)C)CC2CCC1C2. The second kappa shape index (κ2) is 7.08. The summed E-state index contributed by atoms with van der Waals surface area (Å²) < 4.78 is 5.85. The smallest absolute Gasteiger partial charge is 0.0471 e. The molecule has 0 radical (unpaired) electrons. The van der Waals surface area contributed by atoms with E-state index >= 15 is 0 Å². The Morgan fingerprint density at radius 3 is 2.68 bits per heavy atom. The highest BCUT2D eigenvalue weighted by atomic mass is 16.5. The second-order valence-corrected chi connectivity index (χ2v) is 7.19. The van der Waals surface area contributed by atoms with Gasteiger partial charge in [-0.3, -0.25) is 0 Å². The summed E-state index contributed by atoms with van der Waals surface area (Å²) in [6, 6.07) is 0.608. The van der Waals surface area contributed by atoms with Gasteiger partial charge in [0, 0.05) is 25.8 Å². The van der Waals surface area contributed by atoms with Crippen LogP contribution in [-0.4, -0.2) is 25.8 Å². The summed E-state index contributed by atoms with van der Waals surface area (Å²) in [6.07, 6.45) is 9.64. The standard InChI is InChI=1S/C17H33NO/c1-4-5-9-19-10-8-17(13-18-14(2)3)12-15-6-7-16(17)11-15/h14-16,18H,4-13H2,1-3H3. The zero-order valence-corrected chi connectivity index (χ0v) is 13.2. The van der Waals surface area contributed by atoms with Crippen molar-refractivity contribution < 1.29 is 4.74 Å². The molecule has 2 aliphatic carbocycles. The van der Waals surface area contributed by atoms with Crippen molar-refractivity contribution >= 4 is 0 Å². The fourth-order valence-corrected chi connectivity index (χ4v) is 4.20. The van der Waals surface area contributed by atoms with Crippen LogP contribution in [0.2, 0.25) is 0 Å². The minimum Gasteiger partial charge on any atom is -0.381 e. The van der Waals surface area contributed by atoms with Gasteiger partial charge < -0.3 is 10.1 Å². The Balaban J connectivity index is 1.81. The third kappa shape index (κ3) is 3.95. The highest BCUT2D eigenvalue weighted by Crippen LogP contribution is 2.57. The van der Waals surface area contributed by atoms with Crippen LogP contribution in [0, 0.1) is 17.3 Å². The van der Waals surface area contributed by atoms with Gasteiger partial charge >= 0.3 is 0 Å². The molecule has 1 N–H and O–H groups in total. The van der Waals surface area contributed by atoms with E-state index in [0.717, 1.165) is 25.0 Å². The van der Waals surface area contributed by atoms with Crippen LogP contribution in [0.1, 0.15) is 65.7 Å². The van der Waals surface area contributed by atoms with Crippen LogP contribution in [0.3, 0.4) is 0 Å². The van der Waals surface area contributed by atoms with Crippen molar-refractivity contribution in [1.29, 1.82) is 0 Å². The van der Waals surface area contributed by atoms with Crippen molar-refractivity contribution in [2.75, 3.05) is 19.8 Å². The van der Waals surface area contributed by atoms with Gasteiger partial charge in [-0.05, 0) is 49.4 Å². The fourth-order valence-electron chi connectivity index (χ4n) is 4.20. The Labute approximate surface area is 119 Å². The molecule has 0 spiro atoms. The molecule has 2 aliphatic rings. The molecule has 2 bridgehead atoms. The predicted molar refractivity (Wildman–Crippen MR) is 81.4 cm³/mol. The van der Waals surface area contributed by atoms with Crippen molar-refractivity contribution in [3.8, 4) is 0 Å². The molecule has 3 atom stereocenters. The number of unbranched alkanes of at least 4 members (excludes halogenated alkanes) is 1. The van der Waals surface area contributed by atoms with E-state index in [9.17, 15) is 0 Å². The van der Waals surface area contributed by atoms with Gasteiger partial charge in [0.05, 0.1) is 0 Å². The number of fused-ring (bicyclic) bond motifs is 2. The Kier molecular flexibility index (Phi) is 5.70. The van der Waals surface area contributed by atoms with Crippen LogP contribution < -0.4 is 5.32 Å². The monoisotopic (exact) mass is 267 g/mol. The maximum atomic E-state index is 5.85. The van der Waals surface area contributed by atoms with Gasteiger partial charge in [-0.15, -0.1) is 0 Å². The predicted octanol–water partition coefficient (Wildman–Crippen LogP) is 4.00. The number of hydrogen-bond donors (Lipinski definition) is 1. The number of rotatable bonds is 9. The fraction of sp³-hybridized carbons (Fsp3) is 1.00. The summed E-state index contributed by atoms with van der Waals surface area (Å²) in [6.45, 7) is 9.90. The zero-order valence-electron chi connectivity index (χ0n) is 13.2. The molecule has 0 aromatic carbocycles. The summed E-state index contributed by atoms with van der Waals surface area (Å²) >= 11 is 0. The third-order valence-electron chi connectivity index (χ3n) is 5.35. The quantitative estimate of drug-likeness (QED) is 0.638. The highest BCUT2D eigenvalue weighted by Gasteiger charge is 2.50. The molecular weight excluding hydrogens is 234 g/mol. The van der Waals surface area contributed by atoms with Crippen LogP contribution in [0.4, 0.5) is 0 Å². The number of nitrogens with one attached hydrogen (secondary N) is 1. The first-order valence-corrected chi connectivity index (χ1v) is 8.47. The van der Waals surface area contributed by atoms with Crippen molar-refractivity contribution in [3.05, 3.63) is 0 Å². The summed E-state index contributed by atoms with van der Waals surface area (Å²) in [4.78, 5) is 0. The van der Waals surface area contributed by atoms with E-state index in [1.54, 1.807) is 0 Å². The normalized spacial score (nSPS) is 33.5. The molecule has 0 amide bonds. The van der Waals surface area contributed by atoms with Crippen LogP contribution in [-0.2, 0) is 4.74 Å². The largest absolute Gasteiger partial charge is 0.381 e. The van der Waals surface area contributed by atoms with Gasteiger partial charge in [0.25, 0.3) is 0 Å². The maximum absolute atomic E-state index is 5.85. The minimum atomic E-state index is 0.555. The molecule has 3 unspecified atom stereocenters. The molecule has 2 saturated carbocycles. The van der Waals surface area contributed by atoms with Crippen molar-refractivity contribution in [2.24, 2.45) is 17.3 Å². The molecule has 2 heteroatoms. The van der Waals surface area contributed by atoms with Gasteiger partial charge in [-0.25, -0.2) is 0 Å². The lowest BCUT2D eigenvalue weighted by molar-refractivity contribution is 0.0604. The van der Waals surface area contributed by atoms with E-state index in [-0.39, 0.29) is 0 Å². The first-order chi connectivity index (χ1) is 9.16. The van der Waals surface area contributed by atoms with E-state index < -0.39 is 0 Å². The van der Waals surface area contributed by atoms with Crippen molar-refractivity contribution in [2.45, 2.75) is 71.8 Å². The zero-order chi connectivity index (χ0) is 13.7. The van der Waals surface area contributed by atoms with E-state index in [4.69, 9.17) is 4.74 Å². The van der Waals surface area contributed by atoms with Gasteiger partial charge in [0.2, 0.25) is 0 Å². The molecule has 0 heterocycles. The third-order valence-corrected chi connectivity index (χ3v) is 5.35. The number of ether oxygens (including phenoxy) is 1. The molecule has 0 aromatic heterocycles. The van der Waals surface area contributed by atoms with E-state index in [2.05, 4.69) is 26.1 Å². The van der Waals surface area contributed by atoms with E-state index in [0.29, 0.717) is 11.5 Å². The van der Waals surface area contributed by atoms with Gasteiger partial charge in [0.15, 0.2) is 0 Å². The second-order valence-electron chi connectivity index (χ2n) is 7.19. The highest BCUT2D eigenvalue weighted by molar-refractivity contribution is 5.01. The molecular formula is C17H33NO.